The molecule has 2 aromatic rings. The Morgan fingerprint density at radius 1 is 1.04 bits per heavy atom. The molecule has 1 saturated heterocycles. The van der Waals surface area contributed by atoms with Crippen LogP contribution in [0.2, 0.25) is 0 Å². The highest BCUT2D eigenvalue weighted by Gasteiger charge is 2.15. The third-order valence-electron chi connectivity index (χ3n) is 5.54. The van der Waals surface area contributed by atoms with E-state index in [2.05, 4.69) is 47.5 Å². The van der Waals surface area contributed by atoms with Gasteiger partial charge >= 0.3 is 0 Å². The van der Waals surface area contributed by atoms with E-state index < -0.39 is 0 Å². The van der Waals surface area contributed by atoms with E-state index in [4.69, 9.17) is 0 Å². The maximum Gasteiger partial charge on any atom is 0.253 e. The van der Waals surface area contributed by atoms with Crippen molar-refractivity contribution in [3.8, 4) is 11.1 Å². The lowest BCUT2D eigenvalue weighted by molar-refractivity contribution is 0.0773. The van der Waals surface area contributed by atoms with Crippen LogP contribution < -0.4 is 5.32 Å². The smallest absolute Gasteiger partial charge is 0.253 e. The molecule has 1 N–H and O–H groups in total. The van der Waals surface area contributed by atoms with Gasteiger partial charge in [0.15, 0.2) is 0 Å². The van der Waals surface area contributed by atoms with Crippen molar-refractivity contribution in [3.63, 3.8) is 0 Å². The molecule has 1 heterocycles. The van der Waals surface area contributed by atoms with Gasteiger partial charge in [0.1, 0.15) is 0 Å². The molecule has 1 fully saturated rings. The number of hydrogen-bond donors (Lipinski definition) is 1. The first kappa shape index (κ1) is 19.6. The molecular formula is C23H31N3O. The fraction of sp³-hybridized carbons (Fsp3) is 0.435. The zero-order valence-corrected chi connectivity index (χ0v) is 16.8. The lowest BCUT2D eigenvalue weighted by Gasteiger charge is -2.28. The van der Waals surface area contributed by atoms with Crippen molar-refractivity contribution in [1.82, 2.24) is 15.1 Å². The van der Waals surface area contributed by atoms with Gasteiger partial charge in [-0.05, 0) is 55.2 Å². The van der Waals surface area contributed by atoms with Crippen LogP contribution in [0, 0.1) is 6.92 Å². The topological polar surface area (TPSA) is 35.6 Å². The monoisotopic (exact) mass is 365 g/mol. The molecule has 1 aliphatic heterocycles. The average molecular weight is 366 g/mol. The molecule has 0 aliphatic carbocycles. The molecule has 0 bridgehead atoms. The fourth-order valence-corrected chi connectivity index (χ4v) is 3.76. The van der Waals surface area contributed by atoms with Crippen molar-refractivity contribution in [2.75, 3.05) is 39.3 Å². The Morgan fingerprint density at radius 2 is 1.70 bits per heavy atom. The Balaban J connectivity index is 1.80. The van der Waals surface area contributed by atoms with Crippen molar-refractivity contribution in [1.29, 1.82) is 0 Å². The second-order valence-corrected chi connectivity index (χ2v) is 7.17. The van der Waals surface area contributed by atoms with E-state index in [1.54, 1.807) is 0 Å². The predicted octanol–water partition coefficient (Wildman–Crippen LogP) is 3.55. The van der Waals surface area contributed by atoms with Crippen LogP contribution in [0.25, 0.3) is 11.1 Å². The maximum absolute atomic E-state index is 12.5. The third kappa shape index (κ3) is 4.57. The maximum atomic E-state index is 12.5. The van der Waals surface area contributed by atoms with Gasteiger partial charge in [-0.15, -0.1) is 0 Å². The first-order valence-corrected chi connectivity index (χ1v) is 10.0. The van der Waals surface area contributed by atoms with Gasteiger partial charge in [0.25, 0.3) is 5.91 Å². The van der Waals surface area contributed by atoms with Gasteiger partial charge < -0.3 is 10.2 Å². The van der Waals surface area contributed by atoms with Gasteiger partial charge in [-0.3, -0.25) is 9.69 Å². The molecule has 1 amide bonds. The lowest BCUT2D eigenvalue weighted by atomic mass is 9.95. The quantitative estimate of drug-likeness (QED) is 0.850. The number of hydrogen-bond acceptors (Lipinski definition) is 3. The summed E-state index contributed by atoms with van der Waals surface area (Å²) in [5.74, 6) is 0.107. The molecule has 0 unspecified atom stereocenters. The standard InChI is InChI=1S/C23H31N3O/c1-4-26(5-2)23(27)20-11-9-19(10-12-20)22-8-6-7-21(18(22)3)17-25-15-13-24-14-16-25/h6-12,24H,4-5,13-17H2,1-3H3. The van der Waals surface area contributed by atoms with E-state index in [1.807, 2.05) is 30.9 Å². The van der Waals surface area contributed by atoms with Gasteiger partial charge in [-0.1, -0.05) is 30.3 Å². The average Bonchev–Trinajstić information content (AvgIpc) is 2.71. The number of carbonyl (C=O) groups excluding carboxylic acids is 1. The minimum atomic E-state index is 0.107. The van der Waals surface area contributed by atoms with E-state index in [-0.39, 0.29) is 5.91 Å². The van der Waals surface area contributed by atoms with Gasteiger partial charge in [0.2, 0.25) is 0 Å². The van der Waals surface area contributed by atoms with E-state index >= 15 is 0 Å². The Bertz CT molecular complexity index is 760. The summed E-state index contributed by atoms with van der Waals surface area (Å²) in [7, 11) is 0. The molecule has 2 aromatic carbocycles. The SMILES string of the molecule is CCN(CC)C(=O)c1ccc(-c2cccc(CN3CCNCC3)c2C)cc1. The van der Waals surface area contributed by atoms with E-state index in [0.717, 1.165) is 51.4 Å². The Morgan fingerprint density at radius 3 is 2.33 bits per heavy atom. The van der Waals surface area contributed by atoms with Crippen molar-refractivity contribution in [3.05, 3.63) is 59.2 Å². The highest BCUT2D eigenvalue weighted by atomic mass is 16.2. The van der Waals surface area contributed by atoms with Crippen LogP contribution in [0.4, 0.5) is 0 Å². The Hall–Kier alpha value is -2.17. The van der Waals surface area contributed by atoms with Crippen LogP contribution in [0.3, 0.4) is 0 Å². The molecule has 0 atom stereocenters. The van der Waals surface area contributed by atoms with Crippen molar-refractivity contribution < 1.29 is 4.79 Å². The molecule has 144 valence electrons. The van der Waals surface area contributed by atoms with E-state index in [1.165, 1.54) is 22.3 Å². The zero-order chi connectivity index (χ0) is 19.2. The first-order chi connectivity index (χ1) is 13.1. The first-order valence-electron chi connectivity index (χ1n) is 10.0. The molecule has 1 aliphatic rings. The van der Waals surface area contributed by atoms with Crippen LogP contribution >= 0.6 is 0 Å². The number of amides is 1. The predicted molar refractivity (Wildman–Crippen MR) is 112 cm³/mol. The minimum absolute atomic E-state index is 0.107. The summed E-state index contributed by atoms with van der Waals surface area (Å²) >= 11 is 0. The van der Waals surface area contributed by atoms with Gasteiger partial charge in [-0.25, -0.2) is 0 Å². The number of piperazine rings is 1. The second kappa shape index (κ2) is 9.16. The van der Waals surface area contributed by atoms with E-state index in [9.17, 15) is 4.79 Å². The Kier molecular flexibility index (Phi) is 6.64. The van der Waals surface area contributed by atoms with Crippen molar-refractivity contribution in [2.45, 2.75) is 27.3 Å². The summed E-state index contributed by atoms with van der Waals surface area (Å²) in [5, 5.41) is 3.41. The van der Waals surface area contributed by atoms with Crippen LogP contribution in [0.1, 0.15) is 35.3 Å². The molecule has 3 rings (SSSR count). The molecule has 0 radical (unpaired) electrons. The van der Waals surface area contributed by atoms with Gasteiger partial charge in [0.05, 0.1) is 0 Å². The molecule has 4 nitrogen and oxygen atoms in total. The van der Waals surface area contributed by atoms with Crippen LogP contribution in [0.5, 0.6) is 0 Å². The number of benzene rings is 2. The summed E-state index contributed by atoms with van der Waals surface area (Å²) in [5.41, 5.74) is 5.91. The number of nitrogens with zero attached hydrogens (tertiary/aromatic N) is 2. The van der Waals surface area contributed by atoms with Crippen molar-refractivity contribution in [2.24, 2.45) is 0 Å². The highest BCUT2D eigenvalue weighted by Crippen LogP contribution is 2.27. The fourth-order valence-electron chi connectivity index (χ4n) is 3.76. The summed E-state index contributed by atoms with van der Waals surface area (Å²) in [6, 6.07) is 14.6. The summed E-state index contributed by atoms with van der Waals surface area (Å²) in [4.78, 5) is 16.9. The van der Waals surface area contributed by atoms with Crippen molar-refractivity contribution >= 4 is 5.91 Å². The van der Waals surface area contributed by atoms with E-state index in [0.29, 0.717) is 0 Å². The Labute approximate surface area is 163 Å². The normalized spacial score (nSPS) is 14.9. The lowest BCUT2D eigenvalue weighted by Crippen LogP contribution is -2.43. The van der Waals surface area contributed by atoms with Crippen LogP contribution in [-0.4, -0.2) is 55.0 Å². The number of carbonyl (C=O) groups is 1. The van der Waals surface area contributed by atoms with Gasteiger partial charge in [-0.2, -0.15) is 0 Å². The summed E-state index contributed by atoms with van der Waals surface area (Å²) < 4.78 is 0. The highest BCUT2D eigenvalue weighted by molar-refractivity contribution is 5.94. The molecule has 0 spiro atoms. The second-order valence-electron chi connectivity index (χ2n) is 7.17. The van der Waals surface area contributed by atoms with Gasteiger partial charge in [0, 0.05) is 51.4 Å². The molecular weight excluding hydrogens is 334 g/mol. The minimum Gasteiger partial charge on any atom is -0.339 e. The molecule has 27 heavy (non-hydrogen) atoms. The number of nitrogens with one attached hydrogen (secondary N) is 1. The third-order valence-corrected chi connectivity index (χ3v) is 5.54. The molecule has 0 aromatic heterocycles. The van der Waals surface area contributed by atoms with Crippen LogP contribution in [0.15, 0.2) is 42.5 Å². The molecule has 0 saturated carbocycles. The van der Waals surface area contributed by atoms with Crippen LogP contribution in [-0.2, 0) is 6.54 Å². The summed E-state index contributed by atoms with van der Waals surface area (Å²) in [6.45, 7) is 13.1. The zero-order valence-electron chi connectivity index (χ0n) is 16.8. The molecule has 4 heteroatoms. The number of rotatable bonds is 6. The summed E-state index contributed by atoms with van der Waals surface area (Å²) in [6.07, 6.45) is 0. The largest absolute Gasteiger partial charge is 0.339 e.